The van der Waals surface area contributed by atoms with Crippen molar-refractivity contribution in [3.05, 3.63) is 42.2 Å². The van der Waals surface area contributed by atoms with Crippen LogP contribution < -0.4 is 4.74 Å². The van der Waals surface area contributed by atoms with Crippen molar-refractivity contribution < 1.29 is 47.3 Å². The molecule has 0 saturated carbocycles. The predicted octanol–water partition coefficient (Wildman–Crippen LogP) is 14.2. The summed E-state index contributed by atoms with van der Waals surface area (Å²) in [5, 5.41) is 0. The second-order valence-corrected chi connectivity index (χ2v) is 11.4. The van der Waals surface area contributed by atoms with Gasteiger partial charge in [-0.3, -0.25) is 19.2 Å². The summed E-state index contributed by atoms with van der Waals surface area (Å²) < 4.78 is 40.7. The molecule has 1 rings (SSSR count). The van der Waals surface area contributed by atoms with E-state index in [0.717, 1.165) is 25.7 Å². The lowest BCUT2D eigenvalue weighted by molar-refractivity contribution is -0.161. The summed E-state index contributed by atoms with van der Waals surface area (Å²) in [7, 11) is 1.42. The number of ketones is 1. The SMILES string of the molecule is C.C.C.C.C.C.C.C.C.C.C.CCCCCCC=CCC(CC(C)=O)OC(=O)CC(CCCC)OC(=O)CC(C)OC(=O)CC(COc1cccc(F)c1)OC. The van der Waals surface area contributed by atoms with Gasteiger partial charge in [-0.15, -0.1) is 0 Å². The predicted molar refractivity (Wildman–Crippen MR) is 243 cm³/mol. The fraction of sp³-hybridized carbons (Fsp3) is 0.739. The molecule has 0 fully saturated rings. The van der Waals surface area contributed by atoms with Gasteiger partial charge < -0.3 is 23.7 Å². The number of Topliss-reactive ketones (excluding diaryl/α,β-unsaturated/α-hetero) is 1. The van der Waals surface area contributed by atoms with E-state index in [1.165, 1.54) is 51.5 Å². The van der Waals surface area contributed by atoms with Gasteiger partial charge in [-0.2, -0.15) is 0 Å². The number of hydrogen-bond acceptors (Lipinski definition) is 9. The molecule has 56 heavy (non-hydrogen) atoms. The maximum atomic E-state index is 13.4. The molecule has 4 unspecified atom stereocenters. The summed E-state index contributed by atoms with van der Waals surface area (Å²) in [4.78, 5) is 49.7. The highest BCUT2D eigenvalue weighted by molar-refractivity contribution is 5.77. The van der Waals surface area contributed by atoms with E-state index in [2.05, 4.69) is 13.0 Å². The lowest BCUT2D eigenvalue weighted by Crippen LogP contribution is -2.29. The molecule has 0 spiro atoms. The lowest BCUT2D eigenvalue weighted by atomic mass is 10.1. The summed E-state index contributed by atoms with van der Waals surface area (Å²) >= 11 is 0. The van der Waals surface area contributed by atoms with E-state index in [1.807, 2.05) is 13.0 Å². The molecule has 0 N–H and O–H groups in total. The van der Waals surface area contributed by atoms with Gasteiger partial charge in [0.1, 0.15) is 48.4 Å². The van der Waals surface area contributed by atoms with E-state index in [0.29, 0.717) is 18.6 Å². The molecule has 0 saturated heterocycles. The molecule has 0 aliphatic heterocycles. The number of esters is 3. The Labute approximate surface area is 349 Å². The average Bonchev–Trinajstić information content (AvgIpc) is 2.96. The summed E-state index contributed by atoms with van der Waals surface area (Å²) in [5.41, 5.74) is 0. The zero-order chi connectivity index (χ0) is 33.5. The van der Waals surface area contributed by atoms with Crippen LogP contribution in [-0.2, 0) is 38.1 Å². The molecule has 0 aromatic heterocycles. The molecule has 0 aliphatic carbocycles. The number of ether oxygens (including phenoxy) is 5. The Balaban J connectivity index is -0.000000205. The molecule has 0 aliphatic rings. The lowest BCUT2D eigenvalue weighted by Gasteiger charge is -2.21. The van der Waals surface area contributed by atoms with Gasteiger partial charge in [0.15, 0.2) is 0 Å². The largest absolute Gasteiger partial charge is 0.491 e. The molecule has 0 radical (unpaired) electrons. The van der Waals surface area contributed by atoms with Crippen LogP contribution in [0.1, 0.15) is 193 Å². The highest BCUT2D eigenvalue weighted by Crippen LogP contribution is 2.17. The van der Waals surface area contributed by atoms with Crippen LogP contribution in [-0.4, -0.2) is 61.8 Å². The van der Waals surface area contributed by atoms with Gasteiger partial charge in [0.05, 0.1) is 19.3 Å². The van der Waals surface area contributed by atoms with Crippen molar-refractivity contribution in [3.8, 4) is 5.75 Å². The summed E-state index contributed by atoms with van der Waals surface area (Å²) in [6.45, 7) is 7.20. The van der Waals surface area contributed by atoms with Gasteiger partial charge in [-0.25, -0.2) is 4.39 Å². The molecule has 1 aromatic carbocycles. The first-order valence-corrected chi connectivity index (χ1v) is 16.2. The van der Waals surface area contributed by atoms with Crippen LogP contribution in [0.25, 0.3) is 0 Å². The van der Waals surface area contributed by atoms with E-state index in [4.69, 9.17) is 23.7 Å². The van der Waals surface area contributed by atoms with Gasteiger partial charge >= 0.3 is 17.9 Å². The molecule has 0 bridgehead atoms. The van der Waals surface area contributed by atoms with Gasteiger partial charge in [0.2, 0.25) is 0 Å². The Morgan fingerprint density at radius 2 is 1.20 bits per heavy atom. The summed E-state index contributed by atoms with van der Waals surface area (Å²) in [6, 6.07) is 5.63. The van der Waals surface area contributed by atoms with Crippen molar-refractivity contribution in [3.63, 3.8) is 0 Å². The van der Waals surface area contributed by atoms with Gasteiger partial charge in [-0.1, -0.05) is 146 Å². The Kier molecular flexibility index (Phi) is 72.0. The quantitative estimate of drug-likeness (QED) is 0.0412. The standard InChI is InChI=1S/C35H53FO9.11CH4/c1-6-8-10-11-12-13-14-18-30(20-26(3)37)44-35(40)23-31(17-9-7-2)45-33(38)21-27(4)43-34(39)24-32(41-5)25-42-29-19-15-16-28(36)22-29;;;;;;;;;;;/h13-16,19,22,27,30-32H,6-12,17-18,20-21,23-25H2,1-5H3;11*1H4. The molecule has 342 valence electrons. The number of carbonyl (C=O) groups is 4. The van der Waals surface area contributed by atoms with E-state index < -0.39 is 48.1 Å². The average molecular weight is 813 g/mol. The van der Waals surface area contributed by atoms with Crippen molar-refractivity contribution in [2.75, 3.05) is 13.7 Å². The fourth-order valence-electron chi connectivity index (χ4n) is 4.53. The van der Waals surface area contributed by atoms with Crippen molar-refractivity contribution in [1.82, 2.24) is 0 Å². The van der Waals surface area contributed by atoms with Crippen LogP contribution in [0.15, 0.2) is 36.4 Å². The monoisotopic (exact) mass is 813 g/mol. The van der Waals surface area contributed by atoms with Crippen LogP contribution in [0.2, 0.25) is 0 Å². The van der Waals surface area contributed by atoms with E-state index in [1.54, 1.807) is 13.0 Å². The number of methoxy groups -OCH3 is 1. The number of halogens is 1. The molecule has 4 atom stereocenters. The zero-order valence-electron chi connectivity index (χ0n) is 27.7. The third kappa shape index (κ3) is 41.9. The second kappa shape index (κ2) is 49.7. The Morgan fingerprint density at radius 3 is 1.73 bits per heavy atom. The molecule has 0 amide bonds. The highest BCUT2D eigenvalue weighted by Gasteiger charge is 2.25. The van der Waals surface area contributed by atoms with Gasteiger partial charge in [0, 0.05) is 26.0 Å². The minimum atomic E-state index is -0.779. The maximum Gasteiger partial charge on any atom is 0.309 e. The number of hydrogen-bond donors (Lipinski definition) is 0. The van der Waals surface area contributed by atoms with Crippen molar-refractivity contribution in [2.45, 2.75) is 217 Å². The van der Waals surface area contributed by atoms with Crippen molar-refractivity contribution in [1.29, 1.82) is 0 Å². The van der Waals surface area contributed by atoms with E-state index in [9.17, 15) is 23.6 Å². The summed E-state index contributed by atoms with van der Waals surface area (Å²) in [6.07, 6.45) is 9.10. The van der Waals surface area contributed by atoms with Crippen LogP contribution in [0.4, 0.5) is 4.39 Å². The first kappa shape index (κ1) is 81.0. The first-order chi connectivity index (χ1) is 21.6. The highest BCUT2D eigenvalue weighted by atomic mass is 19.1. The molecular weight excluding hydrogens is 715 g/mol. The van der Waals surface area contributed by atoms with Crippen LogP contribution in [0.5, 0.6) is 5.75 Å². The number of unbranched alkanes of at least 4 members (excludes halogenated alkanes) is 5. The molecular formula is C46H97FO9. The van der Waals surface area contributed by atoms with E-state index >= 15 is 0 Å². The number of carbonyl (C=O) groups excluding carboxylic acids is 4. The second-order valence-electron chi connectivity index (χ2n) is 11.4. The normalized spacial score (nSPS) is 11.2. The number of rotatable bonds is 25. The fourth-order valence-corrected chi connectivity index (χ4v) is 4.53. The summed E-state index contributed by atoms with van der Waals surface area (Å²) in [5.74, 6) is -1.93. The molecule has 0 heterocycles. The number of allylic oxidation sites excluding steroid dienone is 1. The number of benzene rings is 1. The topological polar surface area (TPSA) is 114 Å². The minimum absolute atomic E-state index is 0. The van der Waals surface area contributed by atoms with Crippen molar-refractivity contribution in [2.24, 2.45) is 0 Å². The minimum Gasteiger partial charge on any atom is -0.491 e. The maximum absolute atomic E-state index is 13.4. The van der Waals surface area contributed by atoms with E-state index in [-0.39, 0.29) is 120 Å². The Hall–Kier alpha value is -3.27. The first-order valence-electron chi connectivity index (χ1n) is 16.2. The zero-order valence-corrected chi connectivity index (χ0v) is 27.7. The van der Waals surface area contributed by atoms with Crippen LogP contribution in [0, 0.1) is 5.82 Å². The molecule has 10 heteroatoms. The Morgan fingerprint density at radius 1 is 0.661 bits per heavy atom. The van der Waals surface area contributed by atoms with Crippen LogP contribution in [0.3, 0.4) is 0 Å². The molecule has 9 nitrogen and oxygen atoms in total. The van der Waals surface area contributed by atoms with Gasteiger partial charge in [0.25, 0.3) is 0 Å². The van der Waals surface area contributed by atoms with Gasteiger partial charge in [-0.05, 0) is 45.2 Å². The molecule has 1 aromatic rings. The Bertz CT molecular complexity index is 1050. The van der Waals surface area contributed by atoms with Crippen LogP contribution >= 0.6 is 0 Å². The van der Waals surface area contributed by atoms with Crippen molar-refractivity contribution >= 4 is 23.7 Å². The third-order valence-electron chi connectivity index (χ3n) is 6.92. The smallest absolute Gasteiger partial charge is 0.309 e. The third-order valence-corrected chi connectivity index (χ3v) is 6.92.